The Morgan fingerprint density at radius 2 is 2.21 bits per heavy atom. The van der Waals surface area contributed by atoms with E-state index in [4.69, 9.17) is 0 Å². The molecule has 1 aliphatic rings. The van der Waals surface area contributed by atoms with Gasteiger partial charge in [-0.2, -0.15) is 0 Å². The van der Waals surface area contributed by atoms with E-state index in [1.165, 1.54) is 0 Å². The van der Waals surface area contributed by atoms with E-state index in [0.717, 1.165) is 28.7 Å². The number of pyridine rings is 1. The number of hydrogen-bond acceptors (Lipinski definition) is 3. The predicted molar refractivity (Wildman–Crippen MR) is 74.2 cm³/mol. The van der Waals surface area contributed by atoms with E-state index < -0.39 is 11.5 Å². The summed E-state index contributed by atoms with van der Waals surface area (Å²) in [6.07, 6.45) is 3.81. The van der Waals surface area contributed by atoms with Crippen LogP contribution in [-0.2, 0) is 10.3 Å². The number of rotatable bonds is 3. The Kier molecular flexibility index (Phi) is 2.67. The maximum atomic E-state index is 11.5. The van der Waals surface area contributed by atoms with Gasteiger partial charge in [0.2, 0.25) is 0 Å². The molecule has 19 heavy (non-hydrogen) atoms. The zero-order valence-electron chi connectivity index (χ0n) is 10.7. The fourth-order valence-corrected chi connectivity index (χ4v) is 2.54. The maximum Gasteiger partial charge on any atom is 0.329 e. The number of halogens is 1. The molecule has 0 saturated heterocycles. The summed E-state index contributed by atoms with van der Waals surface area (Å²) in [4.78, 5) is 20.5. The van der Waals surface area contributed by atoms with Gasteiger partial charge in [-0.1, -0.05) is 0 Å². The minimum atomic E-state index is -1.05. The highest BCUT2D eigenvalue weighted by atomic mass is 79.9. The average Bonchev–Trinajstić information content (AvgIpc) is 3.09. The van der Waals surface area contributed by atoms with Crippen LogP contribution in [0.1, 0.15) is 38.4 Å². The minimum Gasteiger partial charge on any atom is -0.480 e. The van der Waals surface area contributed by atoms with Crippen LogP contribution in [-0.4, -0.2) is 25.6 Å². The third-order valence-electron chi connectivity index (χ3n) is 3.51. The van der Waals surface area contributed by atoms with Crippen LogP contribution in [0, 0.1) is 0 Å². The molecule has 0 amide bonds. The minimum absolute atomic E-state index is 0.367. The lowest BCUT2D eigenvalue weighted by molar-refractivity contribution is -0.145. The predicted octanol–water partition coefficient (Wildman–Crippen LogP) is 2.89. The van der Waals surface area contributed by atoms with Crippen LogP contribution in [0.2, 0.25) is 0 Å². The molecule has 1 saturated carbocycles. The summed E-state index contributed by atoms with van der Waals surface area (Å²) in [5, 5.41) is 9.47. The van der Waals surface area contributed by atoms with Crippen molar-refractivity contribution < 1.29 is 9.90 Å². The summed E-state index contributed by atoms with van der Waals surface area (Å²) in [5.41, 5.74) is 0.330. The van der Waals surface area contributed by atoms with Crippen LogP contribution >= 0.6 is 15.9 Å². The molecule has 2 heterocycles. The molecule has 1 N–H and O–H groups in total. The molecular formula is C13H14BrN3O2. The summed E-state index contributed by atoms with van der Waals surface area (Å²) in [6, 6.07) is 1.88. The second-order valence-corrected chi connectivity index (χ2v) is 6.36. The molecule has 1 aliphatic carbocycles. The molecule has 100 valence electrons. The Hall–Kier alpha value is -1.43. The second-order valence-electron chi connectivity index (χ2n) is 5.44. The van der Waals surface area contributed by atoms with E-state index in [1.807, 2.05) is 6.07 Å². The third-order valence-corrected chi connectivity index (χ3v) is 3.95. The van der Waals surface area contributed by atoms with Crippen LogP contribution in [0.15, 0.2) is 16.7 Å². The van der Waals surface area contributed by atoms with Crippen molar-refractivity contribution in [1.29, 1.82) is 0 Å². The first kappa shape index (κ1) is 12.6. The van der Waals surface area contributed by atoms with Gasteiger partial charge in [-0.15, -0.1) is 0 Å². The van der Waals surface area contributed by atoms with Gasteiger partial charge in [0, 0.05) is 16.6 Å². The van der Waals surface area contributed by atoms with Crippen molar-refractivity contribution >= 4 is 33.1 Å². The maximum absolute atomic E-state index is 11.5. The fraction of sp³-hybridized carbons (Fsp3) is 0.462. The largest absolute Gasteiger partial charge is 0.480 e. The number of carbonyl (C=O) groups is 1. The van der Waals surface area contributed by atoms with Crippen molar-refractivity contribution in [3.05, 3.63) is 22.6 Å². The molecule has 2 aromatic heterocycles. The number of aromatic nitrogens is 3. The lowest BCUT2D eigenvalue weighted by Crippen LogP contribution is -2.37. The van der Waals surface area contributed by atoms with Crippen LogP contribution in [0.5, 0.6) is 0 Å². The summed E-state index contributed by atoms with van der Waals surface area (Å²) >= 11 is 3.37. The smallest absolute Gasteiger partial charge is 0.329 e. The number of carboxylic acid groups (broad SMARTS) is 1. The van der Waals surface area contributed by atoms with Gasteiger partial charge in [0.15, 0.2) is 5.65 Å². The topological polar surface area (TPSA) is 68.0 Å². The quantitative estimate of drug-likeness (QED) is 0.943. The van der Waals surface area contributed by atoms with Crippen LogP contribution in [0.25, 0.3) is 11.2 Å². The van der Waals surface area contributed by atoms with Gasteiger partial charge in [0.05, 0.1) is 0 Å². The highest BCUT2D eigenvalue weighted by Gasteiger charge is 2.39. The standard InChI is InChI=1S/C13H14BrN3O2/c1-13(2,12(18)19)17-10(7-3-4-7)16-9-5-8(14)6-15-11(9)17/h5-7H,3-4H2,1-2H3,(H,18,19). The molecule has 1 fully saturated rings. The van der Waals surface area contributed by atoms with E-state index >= 15 is 0 Å². The second kappa shape index (κ2) is 4.03. The Morgan fingerprint density at radius 3 is 2.79 bits per heavy atom. The van der Waals surface area contributed by atoms with Crippen molar-refractivity contribution in [2.24, 2.45) is 0 Å². The van der Waals surface area contributed by atoms with Crippen molar-refractivity contribution in [3.63, 3.8) is 0 Å². The number of fused-ring (bicyclic) bond motifs is 1. The molecule has 0 unspecified atom stereocenters. The Morgan fingerprint density at radius 1 is 1.53 bits per heavy atom. The molecule has 0 bridgehead atoms. The van der Waals surface area contributed by atoms with Gasteiger partial charge in [0.1, 0.15) is 16.9 Å². The van der Waals surface area contributed by atoms with Gasteiger partial charge in [-0.05, 0) is 48.7 Å². The normalized spacial score (nSPS) is 15.9. The highest BCUT2D eigenvalue weighted by Crippen LogP contribution is 2.42. The first-order chi connectivity index (χ1) is 8.91. The number of aliphatic carboxylic acids is 1. The molecule has 6 heteroatoms. The summed E-state index contributed by atoms with van der Waals surface area (Å²) in [7, 11) is 0. The molecule has 0 atom stereocenters. The van der Waals surface area contributed by atoms with E-state index in [-0.39, 0.29) is 0 Å². The Balaban J connectivity index is 2.31. The molecule has 5 nitrogen and oxygen atoms in total. The lowest BCUT2D eigenvalue weighted by atomic mass is 10.1. The fourth-order valence-electron chi connectivity index (χ4n) is 2.22. The number of carboxylic acids is 1. The molecule has 0 aromatic carbocycles. The third kappa shape index (κ3) is 1.94. The summed E-state index contributed by atoms with van der Waals surface area (Å²) in [6.45, 7) is 3.37. The number of nitrogens with zero attached hydrogens (tertiary/aromatic N) is 3. The molecule has 0 aliphatic heterocycles. The first-order valence-electron chi connectivity index (χ1n) is 6.19. The molecule has 2 aromatic rings. The van der Waals surface area contributed by atoms with Crippen LogP contribution in [0.4, 0.5) is 0 Å². The first-order valence-corrected chi connectivity index (χ1v) is 6.98. The zero-order valence-corrected chi connectivity index (χ0v) is 12.3. The van der Waals surface area contributed by atoms with Crippen molar-refractivity contribution in [2.45, 2.75) is 38.1 Å². The molecule has 0 radical (unpaired) electrons. The van der Waals surface area contributed by atoms with Crippen molar-refractivity contribution in [1.82, 2.24) is 14.5 Å². The lowest BCUT2D eigenvalue weighted by Gasteiger charge is -2.24. The van der Waals surface area contributed by atoms with Gasteiger partial charge in [-0.25, -0.2) is 14.8 Å². The van der Waals surface area contributed by atoms with Gasteiger partial charge >= 0.3 is 5.97 Å². The van der Waals surface area contributed by atoms with E-state index in [9.17, 15) is 9.90 Å². The Bertz CT molecular complexity index is 674. The van der Waals surface area contributed by atoms with Crippen LogP contribution in [0.3, 0.4) is 0 Å². The molecular weight excluding hydrogens is 310 g/mol. The monoisotopic (exact) mass is 323 g/mol. The molecule has 0 spiro atoms. The zero-order chi connectivity index (χ0) is 13.8. The Labute approximate surface area is 118 Å². The van der Waals surface area contributed by atoms with Gasteiger partial charge < -0.3 is 5.11 Å². The van der Waals surface area contributed by atoms with Crippen molar-refractivity contribution in [2.75, 3.05) is 0 Å². The van der Waals surface area contributed by atoms with Crippen LogP contribution < -0.4 is 0 Å². The van der Waals surface area contributed by atoms with E-state index in [1.54, 1.807) is 24.6 Å². The molecule has 3 rings (SSSR count). The SMILES string of the molecule is CC(C)(C(=O)O)n1c(C2CC2)nc2cc(Br)cnc21. The van der Waals surface area contributed by atoms with Crippen molar-refractivity contribution in [3.8, 4) is 0 Å². The number of hydrogen-bond donors (Lipinski definition) is 1. The highest BCUT2D eigenvalue weighted by molar-refractivity contribution is 9.10. The van der Waals surface area contributed by atoms with Gasteiger partial charge in [0.25, 0.3) is 0 Å². The summed E-state index contributed by atoms with van der Waals surface area (Å²) in [5.74, 6) is 0.331. The van der Waals surface area contributed by atoms with Gasteiger partial charge in [-0.3, -0.25) is 4.57 Å². The van der Waals surface area contributed by atoms with E-state index in [2.05, 4.69) is 25.9 Å². The average molecular weight is 324 g/mol. The van der Waals surface area contributed by atoms with E-state index in [0.29, 0.717) is 11.6 Å². The summed E-state index contributed by atoms with van der Waals surface area (Å²) < 4.78 is 2.62. The number of imidazole rings is 1.